The van der Waals surface area contributed by atoms with E-state index in [1.807, 2.05) is 11.0 Å². The smallest absolute Gasteiger partial charge is 0.416 e. The van der Waals surface area contributed by atoms with E-state index in [2.05, 4.69) is 17.5 Å². The molecule has 1 atom stereocenters. The van der Waals surface area contributed by atoms with E-state index in [9.17, 15) is 13.2 Å². The summed E-state index contributed by atoms with van der Waals surface area (Å²) in [7, 11) is 0. The Bertz CT molecular complexity index is 836. The number of nitrogens with one attached hydrogen (secondary N) is 1. The second kappa shape index (κ2) is 9.01. The van der Waals surface area contributed by atoms with Crippen molar-refractivity contribution in [3.63, 3.8) is 0 Å². The highest BCUT2D eigenvalue weighted by Gasteiger charge is 2.31. The highest BCUT2D eigenvalue weighted by molar-refractivity contribution is 7.80. The first-order valence-corrected chi connectivity index (χ1v) is 9.71. The minimum absolute atomic E-state index is 0.0317. The Morgan fingerprint density at radius 1 is 1.29 bits per heavy atom. The van der Waals surface area contributed by atoms with Gasteiger partial charge in [0.15, 0.2) is 5.11 Å². The number of rotatable bonds is 5. The normalized spacial score (nSPS) is 16.8. The molecule has 3 rings (SSSR count). The number of thiocarbonyl (C=S) groups is 1. The van der Waals surface area contributed by atoms with E-state index in [0.717, 1.165) is 43.7 Å². The third-order valence-corrected chi connectivity index (χ3v) is 5.28. The summed E-state index contributed by atoms with van der Waals surface area (Å²) >= 11 is 11.6. The van der Waals surface area contributed by atoms with Crippen LogP contribution < -0.4 is 5.32 Å². The molecule has 1 N–H and O–H groups in total. The monoisotopic (exact) mass is 428 g/mol. The van der Waals surface area contributed by atoms with Gasteiger partial charge in [-0.05, 0) is 67.7 Å². The molecule has 8 heteroatoms. The number of nitrogens with zero attached hydrogens (tertiary/aromatic N) is 1. The van der Waals surface area contributed by atoms with Crippen LogP contribution in [0.3, 0.4) is 0 Å². The van der Waals surface area contributed by atoms with E-state index < -0.39 is 11.7 Å². The molecule has 0 saturated heterocycles. The van der Waals surface area contributed by atoms with Gasteiger partial charge in [-0.3, -0.25) is 0 Å². The summed E-state index contributed by atoms with van der Waals surface area (Å²) in [6.45, 7) is 1.19. The van der Waals surface area contributed by atoms with E-state index in [0.29, 0.717) is 23.3 Å². The van der Waals surface area contributed by atoms with Gasteiger partial charge in [0.2, 0.25) is 0 Å². The fraction of sp³-hybridized carbons (Fsp3) is 0.350. The molecule has 1 unspecified atom stereocenters. The second-order valence-electron chi connectivity index (χ2n) is 6.73. The number of anilines is 1. The zero-order chi connectivity index (χ0) is 20.1. The van der Waals surface area contributed by atoms with Gasteiger partial charge in [0.1, 0.15) is 5.76 Å². The topological polar surface area (TPSA) is 28.4 Å². The van der Waals surface area contributed by atoms with Crippen molar-refractivity contribution in [1.82, 2.24) is 4.90 Å². The van der Waals surface area contributed by atoms with Gasteiger partial charge in [0.05, 0.1) is 29.1 Å². The van der Waals surface area contributed by atoms with Crippen LogP contribution in [0.2, 0.25) is 5.02 Å². The van der Waals surface area contributed by atoms with Crippen LogP contribution in [0.25, 0.3) is 0 Å². The summed E-state index contributed by atoms with van der Waals surface area (Å²) in [5.74, 6) is 1.21. The summed E-state index contributed by atoms with van der Waals surface area (Å²) in [5.41, 5.74) is -0.456. The number of allylic oxidation sites excluding steroid dienone is 2. The summed E-state index contributed by atoms with van der Waals surface area (Å²) < 4.78 is 43.9. The first kappa shape index (κ1) is 20.7. The van der Waals surface area contributed by atoms with Crippen LogP contribution in [-0.2, 0) is 12.7 Å². The quantitative estimate of drug-likeness (QED) is 0.434. The van der Waals surface area contributed by atoms with Crippen molar-refractivity contribution in [2.75, 3.05) is 11.9 Å². The van der Waals surface area contributed by atoms with E-state index in [-0.39, 0.29) is 5.02 Å². The summed E-state index contributed by atoms with van der Waals surface area (Å²) in [6.07, 6.45) is 4.56. The first-order chi connectivity index (χ1) is 13.3. The van der Waals surface area contributed by atoms with E-state index >= 15 is 0 Å². The maximum absolute atomic E-state index is 12.8. The average molecular weight is 429 g/mol. The lowest BCUT2D eigenvalue weighted by Crippen LogP contribution is -2.38. The van der Waals surface area contributed by atoms with E-state index in [1.54, 1.807) is 12.3 Å². The molecule has 0 aliphatic heterocycles. The number of hydrogen-bond donors (Lipinski definition) is 1. The molecule has 3 nitrogen and oxygen atoms in total. The Labute approximate surface area is 172 Å². The van der Waals surface area contributed by atoms with Crippen molar-refractivity contribution in [3.05, 3.63) is 65.1 Å². The van der Waals surface area contributed by atoms with Crippen molar-refractivity contribution in [2.24, 2.45) is 5.92 Å². The summed E-state index contributed by atoms with van der Waals surface area (Å²) in [4.78, 5) is 1.96. The molecule has 0 saturated carbocycles. The van der Waals surface area contributed by atoms with Gasteiger partial charge in [-0.1, -0.05) is 23.8 Å². The number of furan rings is 1. The predicted molar refractivity (Wildman–Crippen MR) is 108 cm³/mol. The molecule has 1 aromatic carbocycles. The summed E-state index contributed by atoms with van der Waals surface area (Å²) in [5, 5.41) is 3.35. The molecule has 0 spiro atoms. The molecule has 1 aliphatic carbocycles. The number of halogens is 4. The van der Waals surface area contributed by atoms with Crippen LogP contribution in [0.15, 0.2) is 53.2 Å². The van der Waals surface area contributed by atoms with Gasteiger partial charge in [0.25, 0.3) is 0 Å². The SMILES string of the molecule is FC(F)(F)c1ccc(NC(=S)N(Cc2ccco2)CC2CC=CCC2)c(Cl)c1. The van der Waals surface area contributed by atoms with Crippen molar-refractivity contribution < 1.29 is 17.6 Å². The van der Waals surface area contributed by atoms with Crippen molar-refractivity contribution in [3.8, 4) is 0 Å². The van der Waals surface area contributed by atoms with E-state index in [4.69, 9.17) is 28.2 Å². The maximum atomic E-state index is 12.8. The van der Waals surface area contributed by atoms with Crippen molar-refractivity contribution in [1.29, 1.82) is 0 Å². The Kier molecular flexibility index (Phi) is 6.67. The molecule has 150 valence electrons. The zero-order valence-electron chi connectivity index (χ0n) is 15.0. The van der Waals surface area contributed by atoms with Crippen LogP contribution in [0, 0.1) is 5.92 Å². The van der Waals surface area contributed by atoms with Gasteiger partial charge in [-0.2, -0.15) is 13.2 Å². The summed E-state index contributed by atoms with van der Waals surface area (Å²) in [6, 6.07) is 6.85. The lowest BCUT2D eigenvalue weighted by Gasteiger charge is -2.30. The molecule has 0 radical (unpaired) electrons. The maximum Gasteiger partial charge on any atom is 0.416 e. The molecule has 1 heterocycles. The molecule has 1 aliphatic rings. The van der Waals surface area contributed by atoms with Crippen LogP contribution in [0.1, 0.15) is 30.6 Å². The zero-order valence-corrected chi connectivity index (χ0v) is 16.6. The van der Waals surface area contributed by atoms with Crippen molar-refractivity contribution >= 4 is 34.6 Å². The molecule has 0 fully saturated rings. The Morgan fingerprint density at radius 3 is 2.71 bits per heavy atom. The van der Waals surface area contributed by atoms with E-state index in [1.165, 1.54) is 6.07 Å². The second-order valence-corrected chi connectivity index (χ2v) is 7.53. The molecule has 0 bridgehead atoms. The van der Waals surface area contributed by atoms with Gasteiger partial charge < -0.3 is 14.6 Å². The highest BCUT2D eigenvalue weighted by atomic mass is 35.5. The highest BCUT2D eigenvalue weighted by Crippen LogP contribution is 2.34. The van der Waals surface area contributed by atoms with Crippen LogP contribution in [0.5, 0.6) is 0 Å². The first-order valence-electron chi connectivity index (χ1n) is 8.93. The minimum atomic E-state index is -4.44. The average Bonchev–Trinajstić information content (AvgIpc) is 3.16. The lowest BCUT2D eigenvalue weighted by atomic mass is 9.94. The minimum Gasteiger partial charge on any atom is -0.467 e. The Hall–Kier alpha value is -1.99. The molecular formula is C20H20ClF3N2OS. The number of alkyl halides is 3. The standard InChI is InChI=1S/C20H20ClF3N2OS/c21-17-11-15(20(22,23)24)8-9-18(17)25-19(28)26(13-16-7-4-10-27-16)12-14-5-2-1-3-6-14/h1-2,4,7-11,14H,3,5-6,12-13H2,(H,25,28). The van der Waals surface area contributed by atoms with Gasteiger partial charge in [-0.15, -0.1) is 0 Å². The predicted octanol–water partition coefficient (Wildman–Crippen LogP) is 6.51. The Morgan fingerprint density at radius 2 is 2.11 bits per heavy atom. The van der Waals surface area contributed by atoms with Gasteiger partial charge in [0, 0.05) is 6.54 Å². The molecule has 2 aromatic rings. The fourth-order valence-corrected chi connectivity index (χ4v) is 3.61. The fourth-order valence-electron chi connectivity index (χ4n) is 3.13. The van der Waals surface area contributed by atoms with Crippen molar-refractivity contribution in [2.45, 2.75) is 32.0 Å². The third-order valence-electron chi connectivity index (χ3n) is 4.61. The van der Waals surface area contributed by atoms with Gasteiger partial charge >= 0.3 is 6.18 Å². The molecule has 0 amide bonds. The number of hydrogen-bond acceptors (Lipinski definition) is 2. The largest absolute Gasteiger partial charge is 0.467 e. The molecule has 28 heavy (non-hydrogen) atoms. The van der Waals surface area contributed by atoms with Crippen LogP contribution in [0.4, 0.5) is 18.9 Å². The van der Waals surface area contributed by atoms with Crippen LogP contribution >= 0.6 is 23.8 Å². The molecular weight excluding hydrogens is 409 g/mol. The van der Waals surface area contributed by atoms with Gasteiger partial charge in [-0.25, -0.2) is 0 Å². The Balaban J connectivity index is 1.73. The number of benzene rings is 1. The third kappa shape index (κ3) is 5.52. The lowest BCUT2D eigenvalue weighted by molar-refractivity contribution is -0.137. The molecule has 1 aromatic heterocycles. The van der Waals surface area contributed by atoms with Crippen LogP contribution in [-0.4, -0.2) is 16.6 Å².